The number of hydrogen-bond donors (Lipinski definition) is 0. The van der Waals surface area contributed by atoms with E-state index in [2.05, 4.69) is 6.07 Å². The van der Waals surface area contributed by atoms with E-state index in [1.807, 2.05) is 39.0 Å². The average Bonchev–Trinajstić information content (AvgIpc) is 2.36. The summed E-state index contributed by atoms with van der Waals surface area (Å²) < 4.78 is 11.0. The zero-order valence-corrected chi connectivity index (χ0v) is 11.6. The molecule has 18 heavy (non-hydrogen) atoms. The second-order valence-electron chi connectivity index (χ2n) is 5.10. The van der Waals surface area contributed by atoms with Gasteiger partial charge in [0.15, 0.2) is 11.5 Å². The van der Waals surface area contributed by atoms with E-state index in [-0.39, 0.29) is 5.41 Å². The van der Waals surface area contributed by atoms with Crippen LogP contribution in [0.3, 0.4) is 0 Å². The maximum absolute atomic E-state index is 8.91. The normalized spacial score (nSPS) is 10.8. The van der Waals surface area contributed by atoms with Gasteiger partial charge in [-0.15, -0.1) is 0 Å². The minimum Gasteiger partial charge on any atom is -0.493 e. The zero-order chi connectivity index (χ0) is 13.6. The van der Waals surface area contributed by atoms with Crippen molar-refractivity contribution in [2.75, 3.05) is 13.7 Å². The number of hydrogen-bond acceptors (Lipinski definition) is 3. The third-order valence-electron chi connectivity index (χ3n) is 2.83. The molecule has 1 rings (SSSR count). The van der Waals surface area contributed by atoms with Gasteiger partial charge in [-0.3, -0.25) is 0 Å². The molecular weight excluding hydrogens is 226 g/mol. The van der Waals surface area contributed by atoms with Crippen LogP contribution in [-0.4, -0.2) is 13.7 Å². The van der Waals surface area contributed by atoms with Crippen LogP contribution in [0.1, 0.15) is 32.3 Å². The molecule has 0 atom stereocenters. The Kier molecular flexibility index (Phi) is 5.03. The Bertz CT molecular complexity index is 433. The number of nitriles is 1. The Morgan fingerprint density at radius 1 is 1.28 bits per heavy atom. The van der Waals surface area contributed by atoms with Crippen LogP contribution in [0.5, 0.6) is 11.5 Å². The lowest BCUT2D eigenvalue weighted by Gasteiger charge is -2.15. The van der Waals surface area contributed by atoms with Crippen molar-refractivity contribution in [2.45, 2.75) is 33.6 Å². The second-order valence-corrected chi connectivity index (χ2v) is 5.10. The van der Waals surface area contributed by atoms with E-state index in [0.29, 0.717) is 6.61 Å². The van der Waals surface area contributed by atoms with Crippen LogP contribution in [0.2, 0.25) is 0 Å². The predicted molar refractivity (Wildman–Crippen MR) is 71.9 cm³/mol. The zero-order valence-electron chi connectivity index (χ0n) is 11.6. The fourth-order valence-electron chi connectivity index (χ4n) is 1.65. The smallest absolute Gasteiger partial charge is 0.161 e. The van der Waals surface area contributed by atoms with Gasteiger partial charge in [0.05, 0.1) is 25.2 Å². The predicted octanol–water partition coefficient (Wildman–Crippen LogP) is 3.71. The largest absolute Gasteiger partial charge is 0.493 e. The molecule has 0 N–H and O–H groups in total. The van der Waals surface area contributed by atoms with E-state index in [4.69, 9.17) is 14.7 Å². The quantitative estimate of drug-likeness (QED) is 0.719. The van der Waals surface area contributed by atoms with Gasteiger partial charge in [-0.2, -0.15) is 5.26 Å². The molecule has 3 heteroatoms. The number of methoxy groups -OCH3 is 1. The molecule has 0 amide bonds. The fraction of sp³-hybridized carbons (Fsp3) is 0.533. The van der Waals surface area contributed by atoms with Crippen molar-refractivity contribution in [1.29, 1.82) is 5.26 Å². The first kappa shape index (κ1) is 14.4. The lowest BCUT2D eigenvalue weighted by molar-refractivity contribution is 0.269. The Hall–Kier alpha value is -1.69. The Balaban J connectivity index is 2.47. The Morgan fingerprint density at radius 2 is 2.00 bits per heavy atom. The molecule has 0 aromatic heterocycles. The summed E-state index contributed by atoms with van der Waals surface area (Å²) in [5, 5.41) is 8.91. The first-order valence-electron chi connectivity index (χ1n) is 6.17. The van der Waals surface area contributed by atoms with E-state index < -0.39 is 0 Å². The van der Waals surface area contributed by atoms with Crippen LogP contribution in [0, 0.1) is 23.7 Å². The molecule has 1 aromatic carbocycles. The van der Waals surface area contributed by atoms with Crippen LogP contribution in [-0.2, 0) is 0 Å². The second kappa shape index (κ2) is 6.30. The standard InChI is InChI=1S/C15H21NO2/c1-12-6-7-13(14(10-12)17-4)18-9-5-8-15(2,3)11-16/h6-7,10H,5,8-9H2,1-4H3. The number of ether oxygens (including phenoxy) is 2. The summed E-state index contributed by atoms with van der Waals surface area (Å²) in [4.78, 5) is 0. The van der Waals surface area contributed by atoms with Gasteiger partial charge in [0.2, 0.25) is 0 Å². The van der Waals surface area contributed by atoms with Gasteiger partial charge in [0, 0.05) is 0 Å². The van der Waals surface area contributed by atoms with Crippen molar-refractivity contribution in [3.63, 3.8) is 0 Å². The summed E-state index contributed by atoms with van der Waals surface area (Å²) in [6.07, 6.45) is 1.69. The van der Waals surface area contributed by atoms with Gasteiger partial charge in [-0.1, -0.05) is 6.07 Å². The first-order valence-corrected chi connectivity index (χ1v) is 6.17. The SMILES string of the molecule is COc1cc(C)ccc1OCCCC(C)(C)C#N. The molecule has 0 spiro atoms. The highest BCUT2D eigenvalue weighted by molar-refractivity contribution is 5.42. The van der Waals surface area contributed by atoms with E-state index in [9.17, 15) is 0 Å². The van der Waals surface area contributed by atoms with Crippen molar-refractivity contribution < 1.29 is 9.47 Å². The highest BCUT2D eigenvalue weighted by Gasteiger charge is 2.15. The maximum atomic E-state index is 8.91. The molecule has 0 unspecified atom stereocenters. The van der Waals surface area contributed by atoms with Gasteiger partial charge in [-0.05, 0) is 51.3 Å². The molecule has 0 heterocycles. The van der Waals surface area contributed by atoms with Gasteiger partial charge < -0.3 is 9.47 Å². The van der Waals surface area contributed by atoms with Crippen LogP contribution < -0.4 is 9.47 Å². The summed E-state index contributed by atoms with van der Waals surface area (Å²) in [5.74, 6) is 1.52. The van der Waals surface area contributed by atoms with Crippen molar-refractivity contribution in [1.82, 2.24) is 0 Å². The summed E-state index contributed by atoms with van der Waals surface area (Å²) in [5.41, 5.74) is 0.866. The molecule has 3 nitrogen and oxygen atoms in total. The lowest BCUT2D eigenvalue weighted by Crippen LogP contribution is -2.10. The molecule has 0 aliphatic carbocycles. The highest BCUT2D eigenvalue weighted by atomic mass is 16.5. The molecule has 1 aromatic rings. The van der Waals surface area contributed by atoms with Gasteiger partial charge in [0.1, 0.15) is 0 Å². The van der Waals surface area contributed by atoms with Crippen LogP contribution in [0.4, 0.5) is 0 Å². The van der Waals surface area contributed by atoms with Crippen molar-refractivity contribution in [2.24, 2.45) is 5.41 Å². The maximum Gasteiger partial charge on any atom is 0.161 e. The minimum absolute atomic E-state index is 0.277. The number of nitrogens with zero attached hydrogens (tertiary/aromatic N) is 1. The van der Waals surface area contributed by atoms with Crippen LogP contribution in [0.15, 0.2) is 18.2 Å². The van der Waals surface area contributed by atoms with Crippen molar-refractivity contribution in [3.05, 3.63) is 23.8 Å². The van der Waals surface area contributed by atoms with E-state index in [1.54, 1.807) is 7.11 Å². The summed E-state index contributed by atoms with van der Waals surface area (Å²) >= 11 is 0. The lowest BCUT2D eigenvalue weighted by atomic mass is 9.90. The van der Waals surface area contributed by atoms with Crippen molar-refractivity contribution in [3.8, 4) is 17.6 Å². The molecule has 0 saturated heterocycles. The highest BCUT2D eigenvalue weighted by Crippen LogP contribution is 2.28. The van der Waals surface area contributed by atoms with Gasteiger partial charge in [0.25, 0.3) is 0 Å². The summed E-state index contributed by atoms with van der Waals surface area (Å²) in [7, 11) is 1.64. The van der Waals surface area contributed by atoms with Crippen LogP contribution in [0.25, 0.3) is 0 Å². The molecule has 0 fully saturated rings. The van der Waals surface area contributed by atoms with Crippen LogP contribution >= 0.6 is 0 Å². The third-order valence-corrected chi connectivity index (χ3v) is 2.83. The van der Waals surface area contributed by atoms with E-state index in [1.165, 1.54) is 0 Å². The molecule has 98 valence electrons. The first-order chi connectivity index (χ1) is 8.48. The van der Waals surface area contributed by atoms with Gasteiger partial charge in [-0.25, -0.2) is 0 Å². The number of rotatable bonds is 6. The summed E-state index contributed by atoms with van der Waals surface area (Å²) in [6, 6.07) is 8.16. The fourth-order valence-corrected chi connectivity index (χ4v) is 1.65. The average molecular weight is 247 g/mol. The Morgan fingerprint density at radius 3 is 2.61 bits per heavy atom. The molecule has 0 aliphatic rings. The molecule has 0 bridgehead atoms. The van der Waals surface area contributed by atoms with E-state index in [0.717, 1.165) is 29.9 Å². The molecular formula is C15H21NO2. The van der Waals surface area contributed by atoms with Gasteiger partial charge >= 0.3 is 0 Å². The topological polar surface area (TPSA) is 42.2 Å². The number of aryl methyl sites for hydroxylation is 1. The number of benzene rings is 1. The Labute approximate surface area is 109 Å². The molecule has 0 saturated carbocycles. The van der Waals surface area contributed by atoms with E-state index >= 15 is 0 Å². The van der Waals surface area contributed by atoms with Crippen molar-refractivity contribution >= 4 is 0 Å². The third kappa shape index (κ3) is 4.29. The molecule has 0 radical (unpaired) electrons. The minimum atomic E-state index is -0.277. The monoisotopic (exact) mass is 247 g/mol. The summed E-state index contributed by atoms with van der Waals surface area (Å²) in [6.45, 7) is 6.51. The molecule has 0 aliphatic heterocycles.